The Bertz CT molecular complexity index is 1720. The van der Waals surface area contributed by atoms with Crippen molar-refractivity contribution >= 4 is 38.2 Å². The average molecular weight is 546 g/mol. The van der Waals surface area contributed by atoms with E-state index in [4.69, 9.17) is 4.74 Å². The molecule has 3 aromatic carbocycles. The molecule has 0 atom stereocenters. The number of amides is 1. The molecule has 12 heteroatoms. The highest BCUT2D eigenvalue weighted by molar-refractivity contribution is 7.92. The molecule has 38 heavy (non-hydrogen) atoms. The highest BCUT2D eigenvalue weighted by Crippen LogP contribution is 2.38. The van der Waals surface area contributed by atoms with Crippen LogP contribution in [0.25, 0.3) is 10.9 Å². The van der Waals surface area contributed by atoms with Crippen LogP contribution in [0.4, 0.5) is 28.9 Å². The maximum absolute atomic E-state index is 14.9. The van der Waals surface area contributed by atoms with Gasteiger partial charge in [0.25, 0.3) is 10.0 Å². The monoisotopic (exact) mass is 545 g/mol. The number of halogens is 4. The van der Waals surface area contributed by atoms with E-state index in [1.807, 2.05) is 0 Å². The number of hydrogen-bond acceptors (Lipinski definition) is 5. The largest absolute Gasteiger partial charge is 0.456 e. The number of pyridine rings is 1. The maximum Gasteiger partial charge on any atom is 0.418 e. The number of carbonyl (C=O) groups is 1. The number of aryl methyl sites for hydroxylation is 1. The number of aromatic nitrogens is 1. The zero-order valence-electron chi connectivity index (χ0n) is 19.9. The third kappa shape index (κ3) is 4.62. The molecule has 1 N–H and O–H groups in total. The Labute approximate surface area is 214 Å². The van der Waals surface area contributed by atoms with E-state index >= 15 is 0 Å². The number of hydrogen-bond donors (Lipinski definition) is 1. The van der Waals surface area contributed by atoms with E-state index in [-0.39, 0.29) is 51.0 Å². The van der Waals surface area contributed by atoms with Gasteiger partial charge in [0.15, 0.2) is 5.82 Å². The van der Waals surface area contributed by atoms with E-state index in [0.29, 0.717) is 11.3 Å². The molecule has 0 radical (unpaired) electrons. The van der Waals surface area contributed by atoms with Crippen LogP contribution in [-0.2, 0) is 27.4 Å². The number of alkyl halides is 3. The quantitative estimate of drug-likeness (QED) is 0.320. The Hall–Kier alpha value is -4.19. The van der Waals surface area contributed by atoms with Crippen LogP contribution in [0.2, 0.25) is 0 Å². The molecular weight excluding hydrogens is 526 g/mol. The molecule has 1 aromatic heterocycles. The highest BCUT2D eigenvalue weighted by Gasteiger charge is 2.34. The summed E-state index contributed by atoms with van der Waals surface area (Å²) in [7, 11) is -2.60. The van der Waals surface area contributed by atoms with Crippen molar-refractivity contribution in [2.45, 2.75) is 24.4 Å². The van der Waals surface area contributed by atoms with Crippen LogP contribution in [0.15, 0.2) is 65.6 Å². The Balaban J connectivity index is 1.42. The van der Waals surface area contributed by atoms with Gasteiger partial charge in [-0.2, -0.15) is 13.2 Å². The van der Waals surface area contributed by atoms with Crippen molar-refractivity contribution in [3.8, 4) is 11.5 Å². The van der Waals surface area contributed by atoms with Crippen molar-refractivity contribution < 1.29 is 35.5 Å². The Morgan fingerprint density at radius 3 is 2.53 bits per heavy atom. The zero-order valence-corrected chi connectivity index (χ0v) is 20.7. The maximum atomic E-state index is 14.9. The summed E-state index contributed by atoms with van der Waals surface area (Å²) in [5, 5.41) is 0.0800. The molecule has 0 fully saturated rings. The van der Waals surface area contributed by atoms with Gasteiger partial charge in [0, 0.05) is 35.9 Å². The Kier molecular flexibility index (Phi) is 6.02. The van der Waals surface area contributed by atoms with Gasteiger partial charge in [-0.3, -0.25) is 14.5 Å². The summed E-state index contributed by atoms with van der Waals surface area (Å²) in [5.74, 6) is -1.16. The molecule has 7 nitrogen and oxygen atoms in total. The van der Waals surface area contributed by atoms with Crippen LogP contribution in [0.1, 0.15) is 16.8 Å². The number of likely N-dealkylation sites (N-methyl/N-ethyl adjacent to an activating group) is 1. The molecule has 5 rings (SSSR count). The first-order valence-corrected chi connectivity index (χ1v) is 12.7. The summed E-state index contributed by atoms with van der Waals surface area (Å²) in [6.45, 7) is 1.50. The fraction of sp³-hybridized carbons (Fsp3) is 0.154. The van der Waals surface area contributed by atoms with Gasteiger partial charge in [-0.05, 0) is 55.0 Å². The molecule has 0 saturated heterocycles. The molecule has 0 saturated carbocycles. The van der Waals surface area contributed by atoms with E-state index < -0.39 is 27.6 Å². The molecule has 1 aliphatic heterocycles. The Morgan fingerprint density at radius 1 is 1.05 bits per heavy atom. The number of rotatable bonds is 5. The lowest BCUT2D eigenvalue weighted by atomic mass is 10.1. The lowest BCUT2D eigenvalue weighted by molar-refractivity contribution is -0.136. The number of para-hydroxylation sites is 1. The molecule has 196 valence electrons. The second-order valence-corrected chi connectivity index (χ2v) is 10.4. The van der Waals surface area contributed by atoms with Crippen molar-refractivity contribution in [1.82, 2.24) is 4.98 Å². The van der Waals surface area contributed by atoms with Crippen molar-refractivity contribution in [1.29, 1.82) is 0 Å². The summed E-state index contributed by atoms with van der Waals surface area (Å²) >= 11 is 0. The first-order valence-electron chi connectivity index (χ1n) is 11.2. The average Bonchev–Trinajstić information content (AvgIpc) is 3.12. The van der Waals surface area contributed by atoms with Crippen LogP contribution in [0, 0.1) is 12.7 Å². The molecule has 1 aliphatic rings. The van der Waals surface area contributed by atoms with Crippen molar-refractivity contribution in [3.05, 3.63) is 83.3 Å². The number of ether oxygens (including phenoxy) is 1. The number of anilines is 2. The van der Waals surface area contributed by atoms with Gasteiger partial charge in [-0.25, -0.2) is 12.8 Å². The van der Waals surface area contributed by atoms with Gasteiger partial charge in [0.05, 0.1) is 28.1 Å². The summed E-state index contributed by atoms with van der Waals surface area (Å²) in [6, 6.07) is 12.5. The molecule has 4 aromatic rings. The van der Waals surface area contributed by atoms with E-state index in [9.17, 15) is 30.8 Å². The van der Waals surface area contributed by atoms with Gasteiger partial charge >= 0.3 is 6.18 Å². The number of sulfonamides is 1. The van der Waals surface area contributed by atoms with Crippen molar-refractivity contribution in [2.24, 2.45) is 0 Å². The number of benzene rings is 3. The molecular formula is C26H19F4N3O4S. The predicted molar refractivity (Wildman–Crippen MR) is 132 cm³/mol. The normalized spacial score (nSPS) is 13.6. The predicted octanol–water partition coefficient (Wildman–Crippen LogP) is 5.81. The zero-order chi connectivity index (χ0) is 27.4. The number of carbonyl (C=O) groups excluding carboxylic acids is 1. The molecule has 0 bridgehead atoms. The first kappa shape index (κ1) is 25.5. The van der Waals surface area contributed by atoms with Crippen molar-refractivity contribution in [3.63, 3.8) is 0 Å². The minimum Gasteiger partial charge on any atom is -0.456 e. The van der Waals surface area contributed by atoms with Crippen LogP contribution in [0.3, 0.4) is 0 Å². The van der Waals surface area contributed by atoms with E-state index in [2.05, 4.69) is 9.71 Å². The summed E-state index contributed by atoms with van der Waals surface area (Å²) in [6.07, 6.45) is -4.57. The van der Waals surface area contributed by atoms with Crippen LogP contribution in [0.5, 0.6) is 11.5 Å². The van der Waals surface area contributed by atoms with E-state index in [0.717, 1.165) is 18.2 Å². The third-order valence-electron chi connectivity index (χ3n) is 6.09. The van der Waals surface area contributed by atoms with E-state index in [1.54, 1.807) is 7.05 Å². The summed E-state index contributed by atoms with van der Waals surface area (Å²) < 4.78 is 88.9. The molecule has 0 aliphatic carbocycles. The van der Waals surface area contributed by atoms with Crippen LogP contribution >= 0.6 is 0 Å². The topological polar surface area (TPSA) is 88.6 Å². The van der Waals surface area contributed by atoms with Crippen LogP contribution < -0.4 is 14.4 Å². The second kappa shape index (κ2) is 8.98. The third-order valence-corrected chi connectivity index (χ3v) is 7.45. The summed E-state index contributed by atoms with van der Waals surface area (Å²) in [5.41, 5.74) is -0.192. The van der Waals surface area contributed by atoms with Gasteiger partial charge in [-0.1, -0.05) is 6.07 Å². The minimum atomic E-state index is -4.63. The highest BCUT2D eigenvalue weighted by atomic mass is 32.2. The van der Waals surface area contributed by atoms with Gasteiger partial charge in [0.2, 0.25) is 5.91 Å². The minimum absolute atomic E-state index is 0.0315. The standard InChI is InChI=1S/C26H19F4N3O4S/c1-14-10-23(18-4-3-5-19(25(18)31-14)26(28,29)30)37-16-6-8-21(20(27)13-16)32-38(35,36)17-7-9-22-15(11-17)12-24(34)33(22)2/h3-11,13,32H,12H2,1-2H3. The van der Waals surface area contributed by atoms with Gasteiger partial charge in [0.1, 0.15) is 11.5 Å². The fourth-order valence-corrected chi connectivity index (χ4v) is 5.36. The van der Waals surface area contributed by atoms with E-state index in [1.165, 1.54) is 54.3 Å². The lowest BCUT2D eigenvalue weighted by Gasteiger charge is -2.15. The van der Waals surface area contributed by atoms with Gasteiger partial charge in [-0.15, -0.1) is 0 Å². The Morgan fingerprint density at radius 2 is 1.82 bits per heavy atom. The number of nitrogens with zero attached hydrogens (tertiary/aromatic N) is 2. The fourth-order valence-electron chi connectivity index (χ4n) is 4.24. The van der Waals surface area contributed by atoms with Crippen LogP contribution in [-0.4, -0.2) is 26.4 Å². The number of fused-ring (bicyclic) bond motifs is 2. The SMILES string of the molecule is Cc1cc(Oc2ccc(NS(=O)(=O)c3ccc4c(c3)CC(=O)N4C)c(F)c2)c2cccc(C(F)(F)F)c2n1. The smallest absolute Gasteiger partial charge is 0.418 e. The molecule has 0 spiro atoms. The first-order chi connectivity index (χ1) is 17.8. The molecule has 0 unspecified atom stereocenters. The molecule has 2 heterocycles. The second-order valence-electron chi connectivity index (χ2n) is 8.73. The van der Waals surface area contributed by atoms with Gasteiger partial charge < -0.3 is 9.64 Å². The molecule has 1 amide bonds. The number of nitrogens with one attached hydrogen (secondary N) is 1. The van der Waals surface area contributed by atoms with Crippen molar-refractivity contribution in [2.75, 3.05) is 16.7 Å². The lowest BCUT2D eigenvalue weighted by Crippen LogP contribution is -2.20. The summed E-state index contributed by atoms with van der Waals surface area (Å²) in [4.78, 5) is 17.2.